The van der Waals surface area contributed by atoms with Crippen LogP contribution in [0.1, 0.15) is 0 Å². The maximum atomic E-state index is 12.6. The van der Waals surface area contributed by atoms with Gasteiger partial charge in [-0.15, -0.1) is 0 Å². The van der Waals surface area contributed by atoms with Crippen LogP contribution in [0.5, 0.6) is 17.2 Å². The number of hydrogen-bond acceptors (Lipinski definition) is 3. The lowest BCUT2D eigenvalue weighted by Crippen LogP contribution is -1.90. The van der Waals surface area contributed by atoms with Crippen LogP contribution in [0, 0.1) is 0 Å². The van der Waals surface area contributed by atoms with E-state index in [4.69, 9.17) is 0 Å². The minimum absolute atomic E-state index is 0.0356. The Labute approximate surface area is 112 Å². The maximum Gasteiger partial charge on any atom is 0.344 e. The first-order chi connectivity index (χ1) is 9.47. The second-order valence-corrected chi connectivity index (χ2v) is 3.86. The normalized spacial score (nSPS) is 10.2. The van der Waals surface area contributed by atoms with Gasteiger partial charge in [-0.1, -0.05) is 12.1 Å². The molecule has 0 radical (unpaired) electrons. The largest absolute Gasteiger partial charge is 0.508 e. The van der Waals surface area contributed by atoms with Crippen LogP contribution in [0.15, 0.2) is 54.6 Å². The smallest absolute Gasteiger partial charge is 0.344 e. The van der Waals surface area contributed by atoms with Crippen LogP contribution in [0.25, 0.3) is 11.1 Å². The molecule has 0 fully saturated rings. The van der Waals surface area contributed by atoms with Crippen molar-refractivity contribution in [2.75, 3.05) is 0 Å². The molecule has 0 unspecified atom stereocenters. The van der Waals surface area contributed by atoms with E-state index in [1.54, 1.807) is 0 Å². The molecule has 0 spiro atoms. The number of ether oxygens (including phenoxy) is 1. The van der Waals surface area contributed by atoms with Crippen LogP contribution >= 0.6 is 0 Å². The van der Waals surface area contributed by atoms with Crippen molar-refractivity contribution in [1.82, 2.24) is 0 Å². The van der Waals surface area contributed by atoms with Crippen LogP contribution in [-0.2, 0) is 0 Å². The average molecular weight is 282 g/mol. The predicted molar refractivity (Wildman–Crippen MR) is 66.2 cm³/mol. The Morgan fingerprint density at radius 1 is 0.900 bits per heavy atom. The molecular weight excluding hydrogens is 273 g/mol. The highest BCUT2D eigenvalue weighted by Gasteiger charge is 2.09. The van der Waals surface area contributed by atoms with Gasteiger partial charge in [-0.25, -0.2) is 0 Å². The molecule has 0 saturated carbocycles. The third-order valence-electron chi connectivity index (χ3n) is 2.50. The Balaban J connectivity index is 2.28. The second kappa shape index (κ2) is 5.56. The lowest BCUT2D eigenvalue weighted by molar-refractivity contribution is 0.241. The molecule has 20 heavy (non-hydrogen) atoms. The number of phenolic OH excluding ortho intramolecular Hbond substituents is 2. The Morgan fingerprint density at radius 3 is 2.15 bits per heavy atom. The van der Waals surface area contributed by atoms with Crippen molar-refractivity contribution in [2.24, 2.45) is 0 Å². The second-order valence-electron chi connectivity index (χ2n) is 3.86. The summed E-state index contributed by atoms with van der Waals surface area (Å²) in [6, 6.07) is 7.42. The average Bonchev–Trinajstić information content (AvgIpc) is 2.42. The van der Waals surface area contributed by atoms with Crippen LogP contribution in [0.3, 0.4) is 0 Å². The van der Waals surface area contributed by atoms with Gasteiger partial charge < -0.3 is 14.9 Å². The molecule has 0 aliphatic heterocycles. The molecule has 104 valence electrons. The molecule has 0 bridgehead atoms. The van der Waals surface area contributed by atoms with Gasteiger partial charge in [0.2, 0.25) is 0 Å². The highest BCUT2D eigenvalue weighted by molar-refractivity contribution is 5.71. The number of aromatic hydroxyl groups is 2. The summed E-state index contributed by atoms with van der Waals surface area (Å²) in [4.78, 5) is 0. The third kappa shape index (κ3) is 3.03. The lowest BCUT2D eigenvalue weighted by atomic mass is 10.0. The van der Waals surface area contributed by atoms with E-state index in [9.17, 15) is 23.4 Å². The van der Waals surface area contributed by atoms with Crippen molar-refractivity contribution < 1.29 is 28.1 Å². The summed E-state index contributed by atoms with van der Waals surface area (Å²) in [5.74, 6) is -0.206. The van der Waals surface area contributed by atoms with E-state index >= 15 is 0 Å². The van der Waals surface area contributed by atoms with Crippen molar-refractivity contribution in [3.8, 4) is 28.4 Å². The lowest BCUT2D eigenvalue weighted by Gasteiger charge is -2.07. The van der Waals surface area contributed by atoms with Crippen molar-refractivity contribution in [3.63, 3.8) is 0 Å². The first kappa shape index (κ1) is 13.8. The van der Waals surface area contributed by atoms with E-state index in [1.807, 2.05) is 0 Å². The van der Waals surface area contributed by atoms with Gasteiger partial charge in [0.15, 0.2) is 0 Å². The Morgan fingerprint density at radius 2 is 1.55 bits per heavy atom. The molecule has 0 heterocycles. The molecule has 0 atom stereocenters. The summed E-state index contributed by atoms with van der Waals surface area (Å²) >= 11 is 0. The van der Waals surface area contributed by atoms with Gasteiger partial charge in [0.1, 0.15) is 17.2 Å². The van der Waals surface area contributed by atoms with Gasteiger partial charge in [-0.05, 0) is 35.9 Å². The molecule has 0 aliphatic rings. The molecule has 0 aromatic heterocycles. The molecule has 2 N–H and O–H groups in total. The monoisotopic (exact) mass is 282 g/mol. The molecule has 6 heteroatoms. The molecule has 2 aromatic carbocycles. The van der Waals surface area contributed by atoms with E-state index in [2.05, 4.69) is 4.74 Å². The SMILES string of the molecule is Oc1ccc(O)c(-c2ccc(OC(F)=C(F)F)cc2)c1. The number of halogens is 3. The summed E-state index contributed by atoms with van der Waals surface area (Å²) in [6.45, 7) is 0. The number of hydrogen-bond donors (Lipinski definition) is 2. The summed E-state index contributed by atoms with van der Waals surface area (Å²) in [7, 11) is 0. The van der Waals surface area contributed by atoms with Crippen molar-refractivity contribution in [1.29, 1.82) is 0 Å². The summed E-state index contributed by atoms with van der Waals surface area (Å²) in [6.07, 6.45) is -2.54. The van der Waals surface area contributed by atoms with Crippen LogP contribution < -0.4 is 4.74 Å². The Kier molecular flexibility index (Phi) is 3.84. The van der Waals surface area contributed by atoms with Gasteiger partial charge in [-0.2, -0.15) is 13.2 Å². The van der Waals surface area contributed by atoms with E-state index in [0.29, 0.717) is 11.1 Å². The van der Waals surface area contributed by atoms with Crippen LogP contribution in [0.2, 0.25) is 0 Å². The number of rotatable bonds is 3. The molecule has 2 rings (SSSR count). The van der Waals surface area contributed by atoms with Crippen molar-refractivity contribution in [3.05, 3.63) is 54.6 Å². The zero-order chi connectivity index (χ0) is 14.7. The highest BCUT2D eigenvalue weighted by Crippen LogP contribution is 2.33. The van der Waals surface area contributed by atoms with Crippen LogP contribution in [0.4, 0.5) is 13.2 Å². The van der Waals surface area contributed by atoms with Gasteiger partial charge in [0, 0.05) is 5.56 Å². The van der Waals surface area contributed by atoms with E-state index < -0.39 is 12.1 Å². The summed E-state index contributed by atoms with van der Waals surface area (Å²) in [5, 5.41) is 19.0. The first-order valence-corrected chi connectivity index (χ1v) is 5.48. The quantitative estimate of drug-likeness (QED) is 0.656. The molecule has 0 saturated heterocycles. The van der Waals surface area contributed by atoms with E-state index in [-0.39, 0.29) is 17.2 Å². The minimum atomic E-state index is -2.54. The molecular formula is C14H9F3O3. The Hall–Kier alpha value is -2.63. The fourth-order valence-corrected chi connectivity index (χ4v) is 1.60. The number of phenols is 2. The predicted octanol–water partition coefficient (Wildman–Crippen LogP) is 4.18. The summed E-state index contributed by atoms with van der Waals surface area (Å²) < 4.78 is 40.6. The Bertz CT molecular complexity index is 647. The zero-order valence-corrected chi connectivity index (χ0v) is 9.98. The van der Waals surface area contributed by atoms with Gasteiger partial charge in [0.05, 0.1) is 0 Å². The van der Waals surface area contributed by atoms with Crippen molar-refractivity contribution >= 4 is 0 Å². The molecule has 0 aliphatic carbocycles. The minimum Gasteiger partial charge on any atom is -0.508 e. The molecule has 3 nitrogen and oxygen atoms in total. The zero-order valence-electron chi connectivity index (χ0n) is 9.98. The van der Waals surface area contributed by atoms with Gasteiger partial charge in [-0.3, -0.25) is 0 Å². The maximum absolute atomic E-state index is 12.6. The molecule has 2 aromatic rings. The fourth-order valence-electron chi connectivity index (χ4n) is 1.60. The van der Waals surface area contributed by atoms with Crippen molar-refractivity contribution in [2.45, 2.75) is 0 Å². The van der Waals surface area contributed by atoms with E-state index in [0.717, 1.165) is 0 Å². The topological polar surface area (TPSA) is 49.7 Å². The standard InChI is InChI=1S/C14H9F3O3/c15-13(16)14(17)20-10-4-1-8(2-5-10)11-7-9(18)3-6-12(11)19/h1-7,18-19H. The van der Waals surface area contributed by atoms with Crippen LogP contribution in [-0.4, -0.2) is 10.2 Å². The van der Waals surface area contributed by atoms with Gasteiger partial charge in [0.25, 0.3) is 0 Å². The highest BCUT2D eigenvalue weighted by atomic mass is 19.3. The first-order valence-electron chi connectivity index (χ1n) is 5.48. The molecule has 0 amide bonds. The van der Waals surface area contributed by atoms with E-state index in [1.165, 1.54) is 42.5 Å². The van der Waals surface area contributed by atoms with Gasteiger partial charge >= 0.3 is 12.1 Å². The number of benzene rings is 2. The summed E-state index contributed by atoms with van der Waals surface area (Å²) in [5.41, 5.74) is 0.861. The fraction of sp³-hybridized carbons (Fsp3) is 0. The third-order valence-corrected chi connectivity index (χ3v) is 2.50.